The Morgan fingerprint density at radius 2 is 1.84 bits per heavy atom. The van der Waals surface area contributed by atoms with Crippen molar-refractivity contribution in [2.75, 3.05) is 0 Å². The van der Waals surface area contributed by atoms with Crippen LogP contribution in [0.15, 0.2) is 41.2 Å². The standard InChI is InChI=1S/C15H12O3S/c16-7-9-4-5-13-12(6-9)14(18)11-3-1-2-10(8-17)15(11)19-13/h1-6,16-17H,7-8H2. The quantitative estimate of drug-likeness (QED) is 0.704. The molecule has 0 aliphatic rings. The molecular weight excluding hydrogens is 260 g/mol. The van der Waals surface area contributed by atoms with Gasteiger partial charge >= 0.3 is 0 Å². The van der Waals surface area contributed by atoms with Crippen molar-refractivity contribution in [1.82, 2.24) is 0 Å². The average Bonchev–Trinajstić information content (AvgIpc) is 2.46. The first kappa shape index (κ1) is 12.3. The number of benzene rings is 2. The highest BCUT2D eigenvalue weighted by Gasteiger charge is 2.09. The average molecular weight is 272 g/mol. The van der Waals surface area contributed by atoms with Gasteiger partial charge in [-0.15, -0.1) is 11.3 Å². The van der Waals surface area contributed by atoms with Crippen LogP contribution in [0.1, 0.15) is 11.1 Å². The SMILES string of the molecule is O=c1c2cc(CO)ccc2sc2c(CO)cccc12. The van der Waals surface area contributed by atoms with Gasteiger partial charge in [-0.05, 0) is 29.3 Å². The van der Waals surface area contributed by atoms with E-state index in [1.54, 1.807) is 18.2 Å². The summed E-state index contributed by atoms with van der Waals surface area (Å²) in [4.78, 5) is 12.5. The van der Waals surface area contributed by atoms with Gasteiger partial charge < -0.3 is 10.2 Å². The Balaban J connectivity index is 2.48. The van der Waals surface area contributed by atoms with Gasteiger partial charge in [0, 0.05) is 20.2 Å². The third-order valence-corrected chi connectivity index (χ3v) is 4.46. The van der Waals surface area contributed by atoms with Gasteiger partial charge in [-0.2, -0.15) is 0 Å². The smallest absolute Gasteiger partial charge is 0.195 e. The molecule has 3 aromatic rings. The second kappa shape index (κ2) is 4.74. The molecule has 1 aromatic heterocycles. The number of rotatable bonds is 2. The molecule has 0 aliphatic carbocycles. The van der Waals surface area contributed by atoms with E-state index in [0.717, 1.165) is 20.5 Å². The molecule has 0 spiro atoms. The van der Waals surface area contributed by atoms with Crippen molar-refractivity contribution in [2.24, 2.45) is 0 Å². The fourth-order valence-electron chi connectivity index (χ4n) is 2.21. The van der Waals surface area contributed by atoms with Crippen molar-refractivity contribution >= 4 is 31.5 Å². The minimum Gasteiger partial charge on any atom is -0.392 e. The molecule has 0 aliphatic heterocycles. The second-order valence-electron chi connectivity index (χ2n) is 4.37. The van der Waals surface area contributed by atoms with E-state index in [0.29, 0.717) is 10.8 Å². The molecule has 0 unspecified atom stereocenters. The molecule has 1 heterocycles. The topological polar surface area (TPSA) is 57.5 Å². The maximum atomic E-state index is 12.5. The summed E-state index contributed by atoms with van der Waals surface area (Å²) in [6.07, 6.45) is 0. The van der Waals surface area contributed by atoms with E-state index in [1.165, 1.54) is 11.3 Å². The van der Waals surface area contributed by atoms with E-state index in [1.807, 2.05) is 18.2 Å². The fourth-order valence-corrected chi connectivity index (χ4v) is 3.36. The molecule has 0 radical (unpaired) electrons. The molecule has 0 saturated heterocycles. The minimum absolute atomic E-state index is 0.0469. The molecule has 2 aromatic carbocycles. The highest BCUT2D eigenvalue weighted by molar-refractivity contribution is 7.24. The summed E-state index contributed by atoms with van der Waals surface area (Å²) >= 11 is 1.49. The van der Waals surface area contributed by atoms with E-state index in [2.05, 4.69) is 0 Å². The highest BCUT2D eigenvalue weighted by atomic mass is 32.1. The third-order valence-electron chi connectivity index (χ3n) is 3.19. The van der Waals surface area contributed by atoms with Gasteiger partial charge in [-0.25, -0.2) is 0 Å². The highest BCUT2D eigenvalue weighted by Crippen LogP contribution is 2.28. The van der Waals surface area contributed by atoms with Crippen LogP contribution in [0.4, 0.5) is 0 Å². The number of aliphatic hydroxyl groups excluding tert-OH is 2. The van der Waals surface area contributed by atoms with Crippen LogP contribution < -0.4 is 5.43 Å². The van der Waals surface area contributed by atoms with Crippen LogP contribution in [0.3, 0.4) is 0 Å². The molecule has 4 heteroatoms. The Kier molecular flexibility index (Phi) is 3.06. The Bertz CT molecular complexity index is 814. The molecule has 19 heavy (non-hydrogen) atoms. The van der Waals surface area contributed by atoms with Crippen LogP contribution in [-0.2, 0) is 13.2 Å². The van der Waals surface area contributed by atoms with Crippen molar-refractivity contribution in [3.63, 3.8) is 0 Å². The van der Waals surface area contributed by atoms with Gasteiger partial charge in [0.1, 0.15) is 0 Å². The van der Waals surface area contributed by atoms with Crippen LogP contribution in [0.5, 0.6) is 0 Å². The summed E-state index contributed by atoms with van der Waals surface area (Å²) in [5.74, 6) is 0. The molecule has 0 saturated carbocycles. The van der Waals surface area contributed by atoms with Gasteiger partial charge in [-0.3, -0.25) is 4.79 Å². The molecule has 96 valence electrons. The van der Waals surface area contributed by atoms with Crippen LogP contribution in [-0.4, -0.2) is 10.2 Å². The maximum Gasteiger partial charge on any atom is 0.195 e. The minimum atomic E-state index is -0.0759. The number of fused-ring (bicyclic) bond motifs is 2. The summed E-state index contributed by atoms with van der Waals surface area (Å²) in [5.41, 5.74) is 1.46. The molecule has 2 N–H and O–H groups in total. The zero-order valence-corrected chi connectivity index (χ0v) is 10.9. The largest absolute Gasteiger partial charge is 0.392 e. The van der Waals surface area contributed by atoms with Crippen molar-refractivity contribution in [2.45, 2.75) is 13.2 Å². The summed E-state index contributed by atoms with van der Waals surface area (Å²) in [5, 5.41) is 19.8. The molecule has 3 rings (SSSR count). The Morgan fingerprint density at radius 1 is 1.00 bits per heavy atom. The lowest BCUT2D eigenvalue weighted by Gasteiger charge is -2.05. The fraction of sp³-hybridized carbons (Fsp3) is 0.133. The number of hydrogen-bond acceptors (Lipinski definition) is 4. The molecule has 3 nitrogen and oxygen atoms in total. The first-order valence-electron chi connectivity index (χ1n) is 5.93. The number of hydrogen-bond donors (Lipinski definition) is 2. The lowest BCUT2D eigenvalue weighted by molar-refractivity contribution is 0.282. The van der Waals surface area contributed by atoms with Crippen molar-refractivity contribution < 1.29 is 10.2 Å². The van der Waals surface area contributed by atoms with Gasteiger partial charge in [0.05, 0.1) is 13.2 Å². The van der Waals surface area contributed by atoms with Crippen molar-refractivity contribution in [1.29, 1.82) is 0 Å². The van der Waals surface area contributed by atoms with Gasteiger partial charge in [0.15, 0.2) is 5.43 Å². The van der Waals surface area contributed by atoms with Gasteiger partial charge in [0.2, 0.25) is 0 Å². The van der Waals surface area contributed by atoms with Gasteiger partial charge in [0.25, 0.3) is 0 Å². The number of aliphatic hydroxyl groups is 2. The summed E-state index contributed by atoms with van der Waals surface area (Å²) in [7, 11) is 0. The molecular formula is C15H12O3S. The Labute approximate surface area is 113 Å². The Morgan fingerprint density at radius 3 is 2.58 bits per heavy atom. The van der Waals surface area contributed by atoms with Crippen molar-refractivity contribution in [3.05, 3.63) is 57.7 Å². The normalized spacial score (nSPS) is 11.3. The molecule has 0 atom stereocenters. The third kappa shape index (κ3) is 1.94. The summed E-state index contributed by atoms with van der Waals surface area (Å²) in [6, 6.07) is 10.8. The monoisotopic (exact) mass is 272 g/mol. The second-order valence-corrected chi connectivity index (χ2v) is 5.42. The first-order chi connectivity index (χ1) is 9.24. The first-order valence-corrected chi connectivity index (χ1v) is 6.75. The van der Waals surface area contributed by atoms with E-state index < -0.39 is 0 Å². The molecule has 0 fully saturated rings. The van der Waals surface area contributed by atoms with Crippen LogP contribution in [0, 0.1) is 0 Å². The zero-order valence-electron chi connectivity index (χ0n) is 10.1. The van der Waals surface area contributed by atoms with E-state index in [4.69, 9.17) is 5.11 Å². The maximum absolute atomic E-state index is 12.5. The summed E-state index contributed by atoms with van der Waals surface area (Å²) < 4.78 is 1.70. The van der Waals surface area contributed by atoms with E-state index in [-0.39, 0.29) is 18.6 Å². The molecule has 0 bridgehead atoms. The lowest BCUT2D eigenvalue weighted by atomic mass is 10.1. The van der Waals surface area contributed by atoms with Crippen molar-refractivity contribution in [3.8, 4) is 0 Å². The van der Waals surface area contributed by atoms with Crippen LogP contribution >= 0.6 is 11.3 Å². The van der Waals surface area contributed by atoms with Crippen LogP contribution in [0.2, 0.25) is 0 Å². The predicted octanol–water partition coefficient (Wildman–Crippen LogP) is 2.40. The van der Waals surface area contributed by atoms with E-state index in [9.17, 15) is 9.90 Å². The predicted molar refractivity (Wildman–Crippen MR) is 77.4 cm³/mol. The van der Waals surface area contributed by atoms with Crippen LogP contribution in [0.25, 0.3) is 20.2 Å². The molecule has 0 amide bonds. The zero-order chi connectivity index (χ0) is 13.4. The van der Waals surface area contributed by atoms with Gasteiger partial charge in [-0.1, -0.05) is 18.2 Å². The Hall–Kier alpha value is -1.75. The van der Waals surface area contributed by atoms with E-state index >= 15 is 0 Å². The summed E-state index contributed by atoms with van der Waals surface area (Å²) in [6.45, 7) is -0.151. The lowest BCUT2D eigenvalue weighted by Crippen LogP contribution is -2.03.